The Hall–Kier alpha value is -2.31. The Morgan fingerprint density at radius 1 is 1.11 bits per heavy atom. The highest BCUT2D eigenvalue weighted by Crippen LogP contribution is 2.29. The van der Waals surface area contributed by atoms with Crippen LogP contribution in [0.5, 0.6) is 5.75 Å². The van der Waals surface area contributed by atoms with Gasteiger partial charge in [-0.2, -0.15) is 0 Å². The number of allylic oxidation sites excluding steroid dienone is 1. The highest BCUT2D eigenvalue weighted by Gasteiger charge is 2.25. The van der Waals surface area contributed by atoms with Crippen molar-refractivity contribution >= 4 is 10.0 Å². The number of aliphatic hydroxyl groups excluding tert-OH is 1. The van der Waals surface area contributed by atoms with Gasteiger partial charge in [0.2, 0.25) is 0 Å². The number of ether oxygens (including phenoxy) is 1. The second-order valence-corrected chi connectivity index (χ2v) is 8.87. The van der Waals surface area contributed by atoms with Gasteiger partial charge in [0.05, 0.1) is 18.6 Å². The number of benzene rings is 2. The summed E-state index contributed by atoms with van der Waals surface area (Å²) in [6.45, 7) is 3.79. The van der Waals surface area contributed by atoms with Crippen molar-refractivity contribution in [3.05, 3.63) is 71.9 Å². The zero-order valence-corrected chi connectivity index (χ0v) is 17.0. The number of methoxy groups -OCH3 is 1. The number of nitrogens with zero attached hydrogens (tertiary/aromatic N) is 1. The van der Waals surface area contributed by atoms with E-state index in [1.54, 1.807) is 37.5 Å². The van der Waals surface area contributed by atoms with Gasteiger partial charge >= 0.3 is 0 Å². The molecule has 0 bridgehead atoms. The second kappa shape index (κ2) is 8.59. The lowest BCUT2D eigenvalue weighted by Gasteiger charge is -2.27. The Labute approximate surface area is 162 Å². The Morgan fingerprint density at radius 2 is 1.70 bits per heavy atom. The lowest BCUT2D eigenvalue weighted by atomic mass is 9.80. The standard InChI is InChI=1S/C21H27NO4S/c1-17-6-12-20(13-7-17)27(24,25)22(3)15-5-14-21(2,16-23)18-8-10-19(26-4)11-9-18/h5-13,15,23H,14,16H2,1-4H3/b15-5+. The summed E-state index contributed by atoms with van der Waals surface area (Å²) in [5.74, 6) is 0.749. The summed E-state index contributed by atoms with van der Waals surface area (Å²) in [5, 5.41) is 9.90. The fourth-order valence-electron chi connectivity index (χ4n) is 2.68. The molecule has 0 aliphatic rings. The summed E-state index contributed by atoms with van der Waals surface area (Å²) < 4.78 is 31.6. The summed E-state index contributed by atoms with van der Waals surface area (Å²) in [6, 6.07) is 14.3. The molecule has 1 N–H and O–H groups in total. The van der Waals surface area contributed by atoms with Gasteiger partial charge in [-0.3, -0.25) is 4.31 Å². The predicted octanol–water partition coefficient (Wildman–Crippen LogP) is 3.48. The molecule has 0 amide bonds. The van der Waals surface area contributed by atoms with E-state index >= 15 is 0 Å². The van der Waals surface area contributed by atoms with Crippen molar-refractivity contribution in [3.8, 4) is 5.75 Å². The Balaban J connectivity index is 2.14. The first-order chi connectivity index (χ1) is 12.7. The number of aryl methyl sites for hydroxylation is 1. The van der Waals surface area contributed by atoms with Gasteiger partial charge in [0.1, 0.15) is 5.75 Å². The molecular formula is C21H27NO4S. The smallest absolute Gasteiger partial charge is 0.263 e. The van der Waals surface area contributed by atoms with Gasteiger partial charge in [0, 0.05) is 18.7 Å². The Bertz CT molecular complexity index is 873. The topological polar surface area (TPSA) is 66.8 Å². The Kier molecular flexibility index (Phi) is 6.68. The van der Waals surface area contributed by atoms with Crippen LogP contribution in [-0.4, -0.2) is 38.6 Å². The molecule has 6 heteroatoms. The van der Waals surface area contributed by atoms with Crippen molar-refractivity contribution in [2.24, 2.45) is 0 Å². The van der Waals surface area contributed by atoms with Gasteiger partial charge in [-0.05, 0) is 43.2 Å². The zero-order valence-electron chi connectivity index (χ0n) is 16.2. The molecule has 5 nitrogen and oxygen atoms in total. The van der Waals surface area contributed by atoms with Gasteiger partial charge in [-0.25, -0.2) is 8.42 Å². The van der Waals surface area contributed by atoms with Gasteiger partial charge < -0.3 is 9.84 Å². The van der Waals surface area contributed by atoms with E-state index in [2.05, 4.69) is 0 Å². The van der Waals surface area contributed by atoms with Gasteiger partial charge in [0.25, 0.3) is 10.0 Å². The van der Waals surface area contributed by atoms with Crippen molar-refractivity contribution in [1.82, 2.24) is 4.31 Å². The highest BCUT2D eigenvalue weighted by molar-refractivity contribution is 7.89. The third-order valence-electron chi connectivity index (χ3n) is 4.72. The molecule has 2 rings (SSSR count). The molecule has 0 spiro atoms. The molecule has 0 saturated carbocycles. The molecule has 2 aromatic rings. The molecule has 0 saturated heterocycles. The minimum absolute atomic E-state index is 0.0574. The number of hydrogen-bond acceptors (Lipinski definition) is 4. The Morgan fingerprint density at radius 3 is 2.22 bits per heavy atom. The summed E-state index contributed by atoms with van der Waals surface area (Å²) >= 11 is 0. The van der Waals surface area contributed by atoms with Crippen molar-refractivity contribution in [1.29, 1.82) is 0 Å². The van der Waals surface area contributed by atoms with Crippen molar-refractivity contribution in [2.45, 2.75) is 30.6 Å². The van der Waals surface area contributed by atoms with E-state index in [1.165, 1.54) is 17.6 Å². The fraction of sp³-hybridized carbons (Fsp3) is 0.333. The third-order valence-corrected chi connectivity index (χ3v) is 6.47. The number of hydrogen-bond donors (Lipinski definition) is 1. The highest BCUT2D eigenvalue weighted by atomic mass is 32.2. The van der Waals surface area contributed by atoms with E-state index in [9.17, 15) is 13.5 Å². The van der Waals surface area contributed by atoms with E-state index in [1.807, 2.05) is 38.1 Å². The van der Waals surface area contributed by atoms with Crippen LogP contribution in [0.2, 0.25) is 0 Å². The largest absolute Gasteiger partial charge is 0.497 e. The van der Waals surface area contributed by atoms with E-state index in [4.69, 9.17) is 4.74 Å². The SMILES string of the molecule is COc1ccc(C(C)(CO)C/C=C/N(C)S(=O)(=O)c2ccc(C)cc2)cc1. The fourth-order valence-corrected chi connectivity index (χ4v) is 3.74. The van der Waals surface area contributed by atoms with Crippen molar-refractivity contribution < 1.29 is 18.3 Å². The normalized spacial score (nSPS) is 14.1. The molecule has 2 aromatic carbocycles. The van der Waals surface area contributed by atoms with E-state index in [-0.39, 0.29) is 11.5 Å². The van der Waals surface area contributed by atoms with Crippen LogP contribution in [-0.2, 0) is 15.4 Å². The van der Waals surface area contributed by atoms with Gasteiger partial charge in [0.15, 0.2) is 0 Å². The first-order valence-corrected chi connectivity index (χ1v) is 10.1. The molecule has 0 aromatic heterocycles. The van der Waals surface area contributed by atoms with E-state index in [0.717, 1.165) is 16.9 Å². The summed E-state index contributed by atoms with van der Waals surface area (Å²) in [5.41, 5.74) is 1.45. The lowest BCUT2D eigenvalue weighted by Crippen LogP contribution is -2.26. The van der Waals surface area contributed by atoms with Crippen LogP contribution in [0.4, 0.5) is 0 Å². The molecule has 0 aliphatic heterocycles. The molecule has 27 heavy (non-hydrogen) atoms. The average Bonchev–Trinajstić information content (AvgIpc) is 2.68. The van der Waals surface area contributed by atoms with Gasteiger partial charge in [-0.15, -0.1) is 0 Å². The zero-order chi connectivity index (χ0) is 20.1. The number of sulfonamides is 1. The molecule has 146 valence electrons. The van der Waals surface area contributed by atoms with Gasteiger partial charge in [-0.1, -0.05) is 42.8 Å². The molecule has 0 fully saturated rings. The van der Waals surface area contributed by atoms with Crippen LogP contribution < -0.4 is 4.74 Å². The monoisotopic (exact) mass is 389 g/mol. The maximum Gasteiger partial charge on any atom is 0.263 e. The van der Waals surface area contributed by atoms with Crippen LogP contribution in [0.15, 0.2) is 65.7 Å². The van der Waals surface area contributed by atoms with Crippen LogP contribution in [0.1, 0.15) is 24.5 Å². The lowest BCUT2D eigenvalue weighted by molar-refractivity contribution is 0.206. The molecule has 1 atom stereocenters. The minimum Gasteiger partial charge on any atom is -0.497 e. The third kappa shape index (κ3) is 4.90. The molecule has 1 unspecified atom stereocenters. The van der Waals surface area contributed by atoms with Crippen LogP contribution >= 0.6 is 0 Å². The van der Waals surface area contributed by atoms with Crippen LogP contribution in [0.25, 0.3) is 0 Å². The molecule has 0 aliphatic carbocycles. The average molecular weight is 390 g/mol. The predicted molar refractivity (Wildman–Crippen MR) is 107 cm³/mol. The number of aliphatic hydroxyl groups is 1. The second-order valence-electron chi connectivity index (χ2n) is 6.87. The molecule has 0 radical (unpaired) electrons. The molecular weight excluding hydrogens is 362 g/mol. The van der Waals surface area contributed by atoms with Crippen molar-refractivity contribution in [3.63, 3.8) is 0 Å². The summed E-state index contributed by atoms with van der Waals surface area (Å²) in [7, 11) is -0.473. The van der Waals surface area contributed by atoms with Crippen LogP contribution in [0, 0.1) is 6.92 Å². The number of rotatable bonds is 8. The first kappa shape index (κ1) is 21.0. The van der Waals surface area contributed by atoms with E-state index < -0.39 is 15.4 Å². The summed E-state index contributed by atoms with van der Waals surface area (Å²) in [6.07, 6.45) is 3.79. The van der Waals surface area contributed by atoms with Crippen molar-refractivity contribution in [2.75, 3.05) is 20.8 Å². The quantitative estimate of drug-likeness (QED) is 0.751. The maximum atomic E-state index is 12.6. The minimum atomic E-state index is -3.59. The van der Waals surface area contributed by atoms with E-state index in [0.29, 0.717) is 6.42 Å². The van der Waals surface area contributed by atoms with Crippen LogP contribution in [0.3, 0.4) is 0 Å². The molecule has 0 heterocycles. The summed E-state index contributed by atoms with van der Waals surface area (Å²) in [4.78, 5) is 0.250. The first-order valence-electron chi connectivity index (χ1n) is 8.70. The maximum absolute atomic E-state index is 12.6.